The van der Waals surface area contributed by atoms with Crippen molar-refractivity contribution in [2.45, 2.75) is 19.6 Å². The molecule has 1 aliphatic heterocycles. The Labute approximate surface area is 165 Å². The predicted octanol–water partition coefficient (Wildman–Crippen LogP) is 2.30. The summed E-state index contributed by atoms with van der Waals surface area (Å²) in [4.78, 5) is 17.4. The summed E-state index contributed by atoms with van der Waals surface area (Å²) in [7, 11) is 1.78. The van der Waals surface area contributed by atoms with Crippen LogP contribution in [0.1, 0.15) is 22.8 Å². The molecule has 4 bridgehead atoms. The first-order valence-corrected chi connectivity index (χ1v) is 9.22. The van der Waals surface area contributed by atoms with E-state index >= 15 is 0 Å². The van der Waals surface area contributed by atoms with Crippen LogP contribution in [-0.2, 0) is 11.3 Å². The molecule has 10 nitrogen and oxygen atoms in total. The van der Waals surface area contributed by atoms with Crippen molar-refractivity contribution >= 4 is 39.8 Å². The zero-order chi connectivity index (χ0) is 20.0. The number of hydrogen-bond acceptors (Lipinski definition) is 8. The molecule has 0 saturated carbocycles. The van der Waals surface area contributed by atoms with Crippen LogP contribution in [0, 0.1) is 0 Å². The molecule has 3 N–H and O–H groups in total. The first kappa shape index (κ1) is 17.4. The van der Waals surface area contributed by atoms with Gasteiger partial charge in [0.25, 0.3) is 5.91 Å². The number of hydrogen-bond donors (Lipinski definition) is 3. The number of ether oxygens (including phenoxy) is 1. The third-order valence-corrected chi connectivity index (χ3v) is 4.76. The zero-order valence-corrected chi connectivity index (χ0v) is 15.9. The van der Waals surface area contributed by atoms with E-state index in [9.17, 15) is 4.79 Å². The number of nitrogens with zero attached hydrogens (tertiary/aromatic N) is 4. The second-order valence-corrected chi connectivity index (χ2v) is 6.97. The molecule has 4 heterocycles. The summed E-state index contributed by atoms with van der Waals surface area (Å²) in [6, 6.07) is 5.55. The van der Waals surface area contributed by atoms with Crippen molar-refractivity contribution in [3.8, 4) is 0 Å². The molecule has 0 aliphatic carbocycles. The highest BCUT2D eigenvalue weighted by molar-refractivity contribution is 6.00. The Hall–Kier alpha value is -3.66. The van der Waals surface area contributed by atoms with Gasteiger partial charge in [-0.15, -0.1) is 0 Å². The molecule has 1 amide bonds. The molecule has 0 unspecified atom stereocenters. The third kappa shape index (κ3) is 3.03. The molecule has 4 aromatic rings. The van der Waals surface area contributed by atoms with Crippen LogP contribution in [0.4, 0.5) is 17.3 Å². The number of nitrogens with one attached hydrogen (secondary N) is 3. The summed E-state index contributed by atoms with van der Waals surface area (Å²) in [5, 5.41) is 18.4. The predicted molar refractivity (Wildman–Crippen MR) is 106 cm³/mol. The van der Waals surface area contributed by atoms with E-state index < -0.39 is 0 Å². The lowest BCUT2D eigenvalue weighted by molar-refractivity contribution is 0.0822. The van der Waals surface area contributed by atoms with Crippen molar-refractivity contribution in [3.05, 3.63) is 41.7 Å². The highest BCUT2D eigenvalue weighted by atomic mass is 16.5. The Balaban J connectivity index is 1.71. The fourth-order valence-corrected chi connectivity index (χ4v) is 3.42. The summed E-state index contributed by atoms with van der Waals surface area (Å²) in [5.74, 6) is 0.971. The first-order valence-electron chi connectivity index (χ1n) is 9.22. The third-order valence-electron chi connectivity index (χ3n) is 4.76. The summed E-state index contributed by atoms with van der Waals surface area (Å²) in [6.45, 7) is 2.66. The van der Waals surface area contributed by atoms with Gasteiger partial charge in [-0.2, -0.15) is 9.61 Å². The lowest BCUT2D eigenvalue weighted by Gasteiger charge is -2.16. The van der Waals surface area contributed by atoms with Crippen LogP contribution in [0.3, 0.4) is 0 Å². The van der Waals surface area contributed by atoms with Gasteiger partial charge in [0.2, 0.25) is 0 Å². The van der Waals surface area contributed by atoms with Crippen LogP contribution in [0.25, 0.3) is 16.6 Å². The normalized spacial score (nSPS) is 17.2. The number of anilines is 3. The summed E-state index contributed by atoms with van der Waals surface area (Å²) < 4.78 is 12.8. The van der Waals surface area contributed by atoms with Crippen molar-refractivity contribution in [2.75, 3.05) is 24.3 Å². The lowest BCUT2D eigenvalue weighted by atomic mass is 10.1. The molecule has 0 spiro atoms. The molecule has 29 heavy (non-hydrogen) atoms. The van der Waals surface area contributed by atoms with Crippen LogP contribution in [0.5, 0.6) is 0 Å². The van der Waals surface area contributed by atoms with Gasteiger partial charge in [-0.05, 0) is 24.6 Å². The van der Waals surface area contributed by atoms with E-state index in [2.05, 4.69) is 31.2 Å². The van der Waals surface area contributed by atoms with Crippen LogP contribution in [-0.4, -0.2) is 45.4 Å². The quantitative estimate of drug-likeness (QED) is 0.451. The Morgan fingerprint density at radius 1 is 1.28 bits per heavy atom. The van der Waals surface area contributed by atoms with Crippen molar-refractivity contribution in [3.63, 3.8) is 0 Å². The number of benzene rings is 1. The zero-order valence-electron chi connectivity index (χ0n) is 15.9. The van der Waals surface area contributed by atoms with E-state index in [1.54, 1.807) is 17.8 Å². The number of aromatic nitrogens is 4. The largest absolute Gasteiger partial charge is 0.375 e. The molecular formula is C19H19N7O3. The maximum atomic E-state index is 12.8. The first-order chi connectivity index (χ1) is 14.1. The minimum absolute atomic E-state index is 0.177. The number of carbonyl (C=O) groups excluding carboxylic acids is 1. The van der Waals surface area contributed by atoms with E-state index in [1.807, 2.05) is 25.1 Å². The van der Waals surface area contributed by atoms with Gasteiger partial charge in [-0.3, -0.25) is 4.79 Å². The van der Waals surface area contributed by atoms with E-state index in [0.717, 1.165) is 10.9 Å². The summed E-state index contributed by atoms with van der Waals surface area (Å²) in [5.41, 5.74) is 3.11. The molecule has 1 aromatic carbocycles. The molecule has 148 valence electrons. The second-order valence-electron chi connectivity index (χ2n) is 6.97. The Morgan fingerprint density at radius 3 is 3.03 bits per heavy atom. The van der Waals surface area contributed by atoms with Crippen LogP contribution in [0.2, 0.25) is 0 Å². The van der Waals surface area contributed by atoms with Crippen molar-refractivity contribution in [1.82, 2.24) is 25.1 Å². The molecule has 3 aromatic heterocycles. The molecule has 0 fully saturated rings. The minimum atomic E-state index is -0.254. The topological polar surface area (TPSA) is 119 Å². The lowest BCUT2D eigenvalue weighted by Crippen LogP contribution is -2.35. The molecule has 1 atom stereocenters. The number of fused-ring (bicyclic) bond motifs is 5. The van der Waals surface area contributed by atoms with Gasteiger partial charge in [-0.1, -0.05) is 5.16 Å². The highest BCUT2D eigenvalue weighted by Crippen LogP contribution is 2.29. The SMILES string of the molecule is CNc1cc2nc3c(cnn13)C(=O)N[C@H](C)COCc1cc(c3oncc3c1)N2. The number of rotatable bonds is 1. The molecule has 0 saturated heterocycles. The minimum Gasteiger partial charge on any atom is -0.375 e. The number of amides is 1. The Morgan fingerprint density at radius 2 is 2.17 bits per heavy atom. The highest BCUT2D eigenvalue weighted by Gasteiger charge is 2.20. The number of carbonyl (C=O) groups is 1. The standard InChI is InChI=1S/C19H19N7O3/c1-10-8-28-9-11-3-12-6-22-29-17(12)14(4-11)24-15-5-16(20-2)26-18(25-15)13(7-21-26)19(27)23-10/h3-7,10,20H,8-9H2,1-2H3,(H,23,27)(H,24,25)/t10-/m1/s1. The summed E-state index contributed by atoms with van der Waals surface area (Å²) in [6.07, 6.45) is 3.18. The van der Waals surface area contributed by atoms with Gasteiger partial charge in [-0.25, -0.2) is 4.98 Å². The molecule has 1 aliphatic rings. The molecule has 10 heteroatoms. The smallest absolute Gasteiger partial charge is 0.257 e. The average Bonchev–Trinajstić information content (AvgIpc) is 3.33. The maximum Gasteiger partial charge on any atom is 0.257 e. The fraction of sp³-hybridized carbons (Fsp3) is 0.263. The van der Waals surface area contributed by atoms with E-state index in [-0.39, 0.29) is 11.9 Å². The maximum absolute atomic E-state index is 12.8. The van der Waals surface area contributed by atoms with Crippen molar-refractivity contribution in [1.29, 1.82) is 0 Å². The molecule has 5 rings (SSSR count). The van der Waals surface area contributed by atoms with Crippen LogP contribution in [0.15, 0.2) is 35.1 Å². The van der Waals surface area contributed by atoms with Gasteiger partial charge >= 0.3 is 0 Å². The fourth-order valence-electron chi connectivity index (χ4n) is 3.42. The monoisotopic (exact) mass is 393 g/mol. The van der Waals surface area contributed by atoms with Gasteiger partial charge in [0.05, 0.1) is 31.3 Å². The van der Waals surface area contributed by atoms with Crippen molar-refractivity contribution < 1.29 is 14.1 Å². The van der Waals surface area contributed by atoms with Gasteiger partial charge in [0.1, 0.15) is 17.2 Å². The van der Waals surface area contributed by atoms with Gasteiger partial charge < -0.3 is 25.2 Å². The Kier molecular flexibility index (Phi) is 4.06. The molecular weight excluding hydrogens is 374 g/mol. The summed E-state index contributed by atoms with van der Waals surface area (Å²) >= 11 is 0. The Bertz CT molecular complexity index is 1230. The van der Waals surface area contributed by atoms with Gasteiger partial charge in [0, 0.05) is 24.5 Å². The van der Waals surface area contributed by atoms with E-state index in [1.165, 1.54) is 6.20 Å². The average molecular weight is 393 g/mol. The van der Waals surface area contributed by atoms with Crippen LogP contribution >= 0.6 is 0 Å². The van der Waals surface area contributed by atoms with Gasteiger partial charge in [0.15, 0.2) is 11.2 Å². The van der Waals surface area contributed by atoms with Crippen molar-refractivity contribution in [2.24, 2.45) is 0 Å². The van der Waals surface area contributed by atoms with E-state index in [0.29, 0.717) is 47.3 Å². The second kappa shape index (κ2) is 6.74. The molecule has 0 radical (unpaired) electrons. The van der Waals surface area contributed by atoms with Crippen LogP contribution < -0.4 is 16.0 Å². The van der Waals surface area contributed by atoms with E-state index in [4.69, 9.17) is 9.26 Å².